The lowest BCUT2D eigenvalue weighted by atomic mass is 10.1. The van der Waals surface area contributed by atoms with E-state index in [9.17, 15) is 4.79 Å². The Hall–Kier alpha value is -3.09. The number of benzene rings is 1. The predicted molar refractivity (Wildman–Crippen MR) is 120 cm³/mol. The minimum absolute atomic E-state index is 0.0825. The molecule has 30 heavy (non-hydrogen) atoms. The standard InChI is InChI=1S/C23H31N5O2/c1-3-24-23(25-14-11-22(29)27-21-10-9-18(2)17-26-21)28-15-12-20(13-16-28)30-19-7-5-4-6-8-19/h4-10,17,20H,3,11-16H2,1-2H3,(H,24,25)(H,26,27,29). The molecule has 0 atom stereocenters. The number of aliphatic imine (C=N–C) groups is 1. The average Bonchev–Trinajstić information content (AvgIpc) is 2.76. The van der Waals surface area contributed by atoms with E-state index in [-0.39, 0.29) is 12.0 Å². The van der Waals surface area contributed by atoms with Crippen LogP contribution in [0.25, 0.3) is 0 Å². The molecule has 1 aromatic heterocycles. The third kappa shape index (κ3) is 6.76. The molecule has 0 radical (unpaired) electrons. The average molecular weight is 410 g/mol. The third-order valence-corrected chi connectivity index (χ3v) is 4.90. The summed E-state index contributed by atoms with van der Waals surface area (Å²) in [6.45, 7) is 6.99. The summed E-state index contributed by atoms with van der Waals surface area (Å²) in [5.74, 6) is 2.27. The van der Waals surface area contributed by atoms with E-state index in [4.69, 9.17) is 4.74 Å². The summed E-state index contributed by atoms with van der Waals surface area (Å²) in [6, 6.07) is 13.7. The van der Waals surface area contributed by atoms with Gasteiger partial charge in [-0.15, -0.1) is 0 Å². The van der Waals surface area contributed by atoms with Gasteiger partial charge in [0.25, 0.3) is 0 Å². The lowest BCUT2D eigenvalue weighted by molar-refractivity contribution is -0.116. The fourth-order valence-corrected chi connectivity index (χ4v) is 3.31. The van der Waals surface area contributed by atoms with Crippen LogP contribution in [-0.2, 0) is 4.79 Å². The van der Waals surface area contributed by atoms with Crippen molar-refractivity contribution in [1.29, 1.82) is 0 Å². The first-order chi connectivity index (χ1) is 14.6. The van der Waals surface area contributed by atoms with Crippen LogP contribution in [0.3, 0.4) is 0 Å². The highest BCUT2D eigenvalue weighted by Gasteiger charge is 2.22. The maximum atomic E-state index is 12.2. The highest BCUT2D eigenvalue weighted by molar-refractivity contribution is 5.90. The number of ether oxygens (including phenoxy) is 1. The summed E-state index contributed by atoms with van der Waals surface area (Å²) in [6.07, 6.45) is 4.16. The maximum absolute atomic E-state index is 12.2. The SMILES string of the molecule is CCNC(=NCCC(=O)Nc1ccc(C)cn1)N1CCC(Oc2ccccc2)CC1. The number of carbonyl (C=O) groups is 1. The Kier molecular flexibility index (Phi) is 8.06. The molecule has 0 bridgehead atoms. The lowest BCUT2D eigenvalue weighted by Gasteiger charge is -2.34. The van der Waals surface area contributed by atoms with E-state index >= 15 is 0 Å². The Morgan fingerprint density at radius 1 is 1.20 bits per heavy atom. The molecule has 1 aliphatic rings. The Bertz CT molecular complexity index is 815. The normalized spacial score (nSPS) is 15.0. The van der Waals surface area contributed by atoms with Gasteiger partial charge in [0.2, 0.25) is 5.91 Å². The third-order valence-electron chi connectivity index (χ3n) is 4.90. The van der Waals surface area contributed by atoms with Crippen LogP contribution in [-0.4, -0.2) is 54.0 Å². The molecule has 0 unspecified atom stereocenters. The fraction of sp³-hybridized carbons (Fsp3) is 0.435. The van der Waals surface area contributed by atoms with Crippen molar-refractivity contribution in [3.05, 3.63) is 54.2 Å². The van der Waals surface area contributed by atoms with Crippen molar-refractivity contribution in [3.63, 3.8) is 0 Å². The van der Waals surface area contributed by atoms with Crippen molar-refractivity contribution in [2.24, 2.45) is 4.99 Å². The number of piperidine rings is 1. The number of rotatable bonds is 7. The van der Waals surface area contributed by atoms with Gasteiger partial charge in [-0.2, -0.15) is 0 Å². The highest BCUT2D eigenvalue weighted by atomic mass is 16.5. The zero-order chi connectivity index (χ0) is 21.2. The van der Waals surface area contributed by atoms with E-state index < -0.39 is 0 Å². The second kappa shape index (κ2) is 11.2. The molecule has 7 heteroatoms. The van der Waals surface area contributed by atoms with Crippen molar-refractivity contribution in [1.82, 2.24) is 15.2 Å². The van der Waals surface area contributed by atoms with Crippen LogP contribution in [0.1, 0.15) is 31.7 Å². The van der Waals surface area contributed by atoms with Crippen molar-refractivity contribution >= 4 is 17.7 Å². The van der Waals surface area contributed by atoms with Gasteiger partial charge >= 0.3 is 0 Å². The number of nitrogens with one attached hydrogen (secondary N) is 2. The van der Waals surface area contributed by atoms with Crippen LogP contribution in [0.5, 0.6) is 5.75 Å². The quantitative estimate of drug-likeness (QED) is 0.542. The van der Waals surface area contributed by atoms with Crippen molar-refractivity contribution < 1.29 is 9.53 Å². The van der Waals surface area contributed by atoms with Gasteiger partial charge < -0.3 is 20.3 Å². The number of pyridine rings is 1. The highest BCUT2D eigenvalue weighted by Crippen LogP contribution is 2.18. The molecule has 2 N–H and O–H groups in total. The monoisotopic (exact) mass is 409 g/mol. The lowest BCUT2D eigenvalue weighted by Crippen LogP contribution is -2.47. The van der Waals surface area contributed by atoms with Gasteiger partial charge in [0.15, 0.2) is 5.96 Å². The molecule has 1 amide bonds. The molecule has 0 saturated carbocycles. The zero-order valence-electron chi connectivity index (χ0n) is 17.8. The summed E-state index contributed by atoms with van der Waals surface area (Å²) in [7, 11) is 0. The van der Waals surface area contributed by atoms with E-state index in [2.05, 4.69) is 32.4 Å². The number of likely N-dealkylation sites (tertiary alicyclic amines) is 1. The number of hydrogen-bond donors (Lipinski definition) is 2. The van der Waals surface area contributed by atoms with Crippen LogP contribution in [0.15, 0.2) is 53.7 Å². The largest absolute Gasteiger partial charge is 0.490 e. The molecule has 1 fully saturated rings. The number of anilines is 1. The van der Waals surface area contributed by atoms with Gasteiger partial charge in [0.05, 0.1) is 6.54 Å². The molecule has 3 rings (SSSR count). The van der Waals surface area contributed by atoms with Gasteiger partial charge in [0.1, 0.15) is 17.7 Å². The number of aryl methyl sites for hydroxylation is 1. The minimum Gasteiger partial charge on any atom is -0.490 e. The molecule has 0 aliphatic carbocycles. The fourth-order valence-electron chi connectivity index (χ4n) is 3.31. The smallest absolute Gasteiger partial charge is 0.227 e. The molecular weight excluding hydrogens is 378 g/mol. The van der Waals surface area contributed by atoms with Gasteiger partial charge in [-0.3, -0.25) is 9.79 Å². The Morgan fingerprint density at radius 2 is 1.97 bits per heavy atom. The summed E-state index contributed by atoms with van der Waals surface area (Å²) >= 11 is 0. The van der Waals surface area contributed by atoms with Crippen LogP contribution in [0.2, 0.25) is 0 Å². The molecule has 1 saturated heterocycles. The van der Waals surface area contributed by atoms with Gasteiger partial charge in [-0.05, 0) is 37.6 Å². The number of aromatic nitrogens is 1. The number of carbonyl (C=O) groups excluding carboxylic acids is 1. The van der Waals surface area contributed by atoms with Crippen molar-refractivity contribution in [2.45, 2.75) is 39.2 Å². The number of guanidine groups is 1. The maximum Gasteiger partial charge on any atom is 0.227 e. The number of amides is 1. The van der Waals surface area contributed by atoms with Crippen LogP contribution in [0, 0.1) is 6.92 Å². The Morgan fingerprint density at radius 3 is 2.63 bits per heavy atom. The predicted octanol–water partition coefficient (Wildman–Crippen LogP) is 3.23. The first-order valence-corrected chi connectivity index (χ1v) is 10.6. The van der Waals surface area contributed by atoms with E-state index in [0.717, 1.165) is 49.7 Å². The molecule has 7 nitrogen and oxygen atoms in total. The van der Waals surface area contributed by atoms with Crippen molar-refractivity contribution in [3.8, 4) is 5.75 Å². The molecular formula is C23H31N5O2. The van der Waals surface area contributed by atoms with Gasteiger partial charge in [-0.25, -0.2) is 4.98 Å². The Balaban J connectivity index is 1.46. The van der Waals surface area contributed by atoms with E-state index in [1.807, 2.05) is 49.4 Å². The second-order valence-corrected chi connectivity index (χ2v) is 7.37. The summed E-state index contributed by atoms with van der Waals surface area (Å²) in [5.41, 5.74) is 1.06. The van der Waals surface area contributed by atoms with Gasteiger partial charge in [-0.1, -0.05) is 24.3 Å². The molecule has 2 heterocycles. The zero-order valence-corrected chi connectivity index (χ0v) is 17.8. The van der Waals surface area contributed by atoms with Crippen LogP contribution >= 0.6 is 0 Å². The summed E-state index contributed by atoms with van der Waals surface area (Å²) in [4.78, 5) is 23.3. The Labute approximate surface area is 178 Å². The number of para-hydroxylation sites is 1. The second-order valence-electron chi connectivity index (χ2n) is 7.37. The van der Waals surface area contributed by atoms with E-state index in [1.165, 1.54) is 0 Å². The summed E-state index contributed by atoms with van der Waals surface area (Å²) in [5, 5.41) is 6.15. The number of hydrogen-bond acceptors (Lipinski definition) is 4. The molecule has 160 valence electrons. The summed E-state index contributed by atoms with van der Waals surface area (Å²) < 4.78 is 6.07. The van der Waals surface area contributed by atoms with Crippen molar-refractivity contribution in [2.75, 3.05) is 31.5 Å². The minimum atomic E-state index is -0.0825. The molecule has 0 spiro atoms. The van der Waals surface area contributed by atoms with Gasteiger partial charge in [0, 0.05) is 45.1 Å². The van der Waals surface area contributed by atoms with E-state index in [0.29, 0.717) is 18.8 Å². The van der Waals surface area contributed by atoms with E-state index in [1.54, 1.807) is 6.20 Å². The van der Waals surface area contributed by atoms with Crippen LogP contribution in [0.4, 0.5) is 5.82 Å². The first-order valence-electron chi connectivity index (χ1n) is 10.6. The van der Waals surface area contributed by atoms with Crippen LogP contribution < -0.4 is 15.4 Å². The molecule has 1 aromatic carbocycles. The molecule has 1 aliphatic heterocycles. The number of nitrogens with zero attached hydrogens (tertiary/aromatic N) is 3. The molecule has 2 aromatic rings. The first kappa shape index (κ1) is 21.6. The topological polar surface area (TPSA) is 78.8 Å².